The van der Waals surface area contributed by atoms with E-state index in [4.69, 9.17) is 11.1 Å². The zero-order valence-corrected chi connectivity index (χ0v) is 10.4. The fourth-order valence-electron chi connectivity index (χ4n) is 1.56. The third-order valence-corrected chi connectivity index (χ3v) is 2.61. The van der Waals surface area contributed by atoms with Gasteiger partial charge in [-0.3, -0.25) is 5.41 Å². The number of amidine groups is 1. The fourth-order valence-corrected chi connectivity index (χ4v) is 1.56. The molecule has 0 aliphatic heterocycles. The van der Waals surface area contributed by atoms with Gasteiger partial charge in [0.05, 0.1) is 0 Å². The third kappa shape index (κ3) is 2.45. The Kier molecular flexibility index (Phi) is 3.23. The summed E-state index contributed by atoms with van der Waals surface area (Å²) in [6.45, 7) is 1.94. The molecule has 0 radical (unpaired) electrons. The maximum Gasteiger partial charge on any atom is 0.229 e. The Balaban J connectivity index is 2.33. The molecule has 92 valence electrons. The molecule has 2 rings (SSSR count). The molecule has 0 aliphatic rings. The molecule has 3 N–H and O–H groups in total. The molecule has 0 amide bonds. The van der Waals surface area contributed by atoms with Crippen molar-refractivity contribution in [3.8, 4) is 0 Å². The van der Waals surface area contributed by atoms with Crippen LogP contribution in [-0.4, -0.2) is 22.9 Å². The van der Waals surface area contributed by atoms with Crippen LogP contribution in [0.15, 0.2) is 36.7 Å². The molecule has 0 saturated heterocycles. The van der Waals surface area contributed by atoms with Crippen molar-refractivity contribution in [1.29, 1.82) is 5.41 Å². The van der Waals surface area contributed by atoms with Gasteiger partial charge in [0.25, 0.3) is 0 Å². The quantitative estimate of drug-likeness (QED) is 0.634. The topological polar surface area (TPSA) is 78.9 Å². The van der Waals surface area contributed by atoms with Gasteiger partial charge in [-0.05, 0) is 24.6 Å². The molecule has 0 unspecified atom stereocenters. The van der Waals surface area contributed by atoms with Gasteiger partial charge in [-0.2, -0.15) is 0 Å². The molecule has 0 bridgehead atoms. The minimum atomic E-state index is 0.0510. The molecule has 0 spiro atoms. The first-order valence-electron chi connectivity index (χ1n) is 5.55. The molecule has 5 nitrogen and oxygen atoms in total. The van der Waals surface area contributed by atoms with E-state index in [1.807, 2.05) is 37.1 Å². The Morgan fingerprint density at radius 3 is 2.56 bits per heavy atom. The van der Waals surface area contributed by atoms with E-state index >= 15 is 0 Å². The summed E-state index contributed by atoms with van der Waals surface area (Å²) in [6.07, 6.45) is 3.54. The standard InChI is InChI=1S/C13H15N5/c1-9-7-16-13(17-8-9)18(2)11-5-3-4-10(6-11)12(14)15/h3-8H,1-2H3,(H3,14,15). The smallest absolute Gasteiger partial charge is 0.229 e. The molecule has 2 aromatic rings. The van der Waals surface area contributed by atoms with Crippen molar-refractivity contribution in [3.63, 3.8) is 0 Å². The first-order valence-corrected chi connectivity index (χ1v) is 5.55. The molecule has 1 aromatic heterocycles. The molecular weight excluding hydrogens is 226 g/mol. The zero-order valence-electron chi connectivity index (χ0n) is 10.4. The molecule has 5 heteroatoms. The van der Waals surface area contributed by atoms with Crippen LogP contribution in [0.5, 0.6) is 0 Å². The van der Waals surface area contributed by atoms with Crippen LogP contribution in [0.3, 0.4) is 0 Å². The number of nitrogens with two attached hydrogens (primary N) is 1. The summed E-state index contributed by atoms with van der Waals surface area (Å²) >= 11 is 0. The first-order chi connectivity index (χ1) is 8.58. The van der Waals surface area contributed by atoms with Crippen LogP contribution in [0, 0.1) is 12.3 Å². The van der Waals surface area contributed by atoms with E-state index in [2.05, 4.69) is 9.97 Å². The highest BCUT2D eigenvalue weighted by Gasteiger charge is 2.07. The van der Waals surface area contributed by atoms with Crippen LogP contribution in [0.2, 0.25) is 0 Å². The number of nitrogen functional groups attached to an aromatic ring is 1. The summed E-state index contributed by atoms with van der Waals surface area (Å²) in [6, 6.07) is 7.42. The van der Waals surface area contributed by atoms with Gasteiger partial charge in [0.15, 0.2) is 0 Å². The van der Waals surface area contributed by atoms with Gasteiger partial charge in [0.1, 0.15) is 5.84 Å². The van der Waals surface area contributed by atoms with E-state index in [0.717, 1.165) is 11.3 Å². The predicted octanol–water partition coefficient (Wildman–Crippen LogP) is 1.84. The average Bonchev–Trinajstić information content (AvgIpc) is 2.39. The van der Waals surface area contributed by atoms with Crippen molar-refractivity contribution < 1.29 is 0 Å². The van der Waals surface area contributed by atoms with Crippen molar-refractivity contribution >= 4 is 17.5 Å². The van der Waals surface area contributed by atoms with Crippen molar-refractivity contribution in [1.82, 2.24) is 9.97 Å². The normalized spacial score (nSPS) is 10.1. The number of anilines is 2. The number of aromatic nitrogens is 2. The lowest BCUT2D eigenvalue weighted by Crippen LogP contribution is -2.15. The highest BCUT2D eigenvalue weighted by molar-refractivity contribution is 5.95. The Morgan fingerprint density at radius 1 is 1.28 bits per heavy atom. The number of aryl methyl sites for hydroxylation is 1. The van der Waals surface area contributed by atoms with Gasteiger partial charge < -0.3 is 10.6 Å². The summed E-state index contributed by atoms with van der Waals surface area (Å²) in [5.74, 6) is 0.663. The Bertz CT molecular complexity index is 562. The monoisotopic (exact) mass is 241 g/mol. The second-order valence-corrected chi connectivity index (χ2v) is 4.08. The van der Waals surface area contributed by atoms with Crippen LogP contribution >= 0.6 is 0 Å². The number of nitrogens with one attached hydrogen (secondary N) is 1. The van der Waals surface area contributed by atoms with E-state index in [0.29, 0.717) is 11.5 Å². The number of benzene rings is 1. The van der Waals surface area contributed by atoms with Gasteiger partial charge in [-0.15, -0.1) is 0 Å². The molecule has 0 fully saturated rings. The van der Waals surface area contributed by atoms with Gasteiger partial charge in [0, 0.05) is 30.7 Å². The lowest BCUT2D eigenvalue weighted by atomic mass is 10.2. The highest BCUT2D eigenvalue weighted by Crippen LogP contribution is 2.20. The molecule has 0 aliphatic carbocycles. The Morgan fingerprint density at radius 2 is 1.94 bits per heavy atom. The van der Waals surface area contributed by atoms with E-state index in [1.54, 1.807) is 18.5 Å². The summed E-state index contributed by atoms with van der Waals surface area (Å²) in [5, 5.41) is 7.43. The van der Waals surface area contributed by atoms with Crippen molar-refractivity contribution in [3.05, 3.63) is 47.8 Å². The minimum Gasteiger partial charge on any atom is -0.384 e. The SMILES string of the molecule is Cc1cnc(N(C)c2cccc(C(=N)N)c2)nc1. The lowest BCUT2D eigenvalue weighted by molar-refractivity contribution is 1.03. The van der Waals surface area contributed by atoms with Crippen molar-refractivity contribution in [2.24, 2.45) is 5.73 Å². The number of nitrogens with zero attached hydrogens (tertiary/aromatic N) is 3. The molecule has 1 heterocycles. The molecular formula is C13H15N5. The average molecular weight is 241 g/mol. The van der Waals surface area contributed by atoms with Crippen LogP contribution in [-0.2, 0) is 0 Å². The zero-order chi connectivity index (χ0) is 13.1. The number of rotatable bonds is 3. The van der Waals surface area contributed by atoms with Gasteiger partial charge in [-0.25, -0.2) is 9.97 Å². The van der Waals surface area contributed by atoms with Crippen LogP contribution in [0.1, 0.15) is 11.1 Å². The first kappa shape index (κ1) is 12.0. The highest BCUT2D eigenvalue weighted by atomic mass is 15.2. The molecule has 0 atom stereocenters. The van der Waals surface area contributed by atoms with E-state index in [1.165, 1.54) is 0 Å². The van der Waals surface area contributed by atoms with Crippen molar-refractivity contribution in [2.45, 2.75) is 6.92 Å². The number of hydrogen-bond donors (Lipinski definition) is 2. The summed E-state index contributed by atoms with van der Waals surface area (Å²) in [7, 11) is 1.88. The second kappa shape index (κ2) is 4.83. The number of hydrogen-bond acceptors (Lipinski definition) is 4. The van der Waals surface area contributed by atoms with Gasteiger partial charge in [-0.1, -0.05) is 12.1 Å². The predicted molar refractivity (Wildman–Crippen MR) is 72.3 cm³/mol. The summed E-state index contributed by atoms with van der Waals surface area (Å²) < 4.78 is 0. The minimum absolute atomic E-state index is 0.0510. The van der Waals surface area contributed by atoms with Crippen LogP contribution < -0.4 is 10.6 Å². The maximum absolute atomic E-state index is 7.43. The van der Waals surface area contributed by atoms with Gasteiger partial charge in [0.2, 0.25) is 5.95 Å². The second-order valence-electron chi connectivity index (χ2n) is 4.08. The van der Waals surface area contributed by atoms with Crippen LogP contribution in [0.25, 0.3) is 0 Å². The molecule has 18 heavy (non-hydrogen) atoms. The summed E-state index contributed by atoms with van der Waals surface area (Å²) in [5.41, 5.74) is 8.07. The third-order valence-electron chi connectivity index (χ3n) is 2.61. The Labute approximate surface area is 106 Å². The fraction of sp³-hybridized carbons (Fsp3) is 0.154. The maximum atomic E-state index is 7.43. The lowest BCUT2D eigenvalue weighted by Gasteiger charge is -2.17. The summed E-state index contributed by atoms with van der Waals surface area (Å²) in [4.78, 5) is 10.4. The van der Waals surface area contributed by atoms with E-state index < -0.39 is 0 Å². The molecule has 1 aromatic carbocycles. The largest absolute Gasteiger partial charge is 0.384 e. The van der Waals surface area contributed by atoms with Crippen LogP contribution in [0.4, 0.5) is 11.6 Å². The van der Waals surface area contributed by atoms with Crippen molar-refractivity contribution in [2.75, 3.05) is 11.9 Å². The van der Waals surface area contributed by atoms with E-state index in [-0.39, 0.29) is 5.84 Å². The van der Waals surface area contributed by atoms with Gasteiger partial charge >= 0.3 is 0 Å². The Hall–Kier alpha value is -2.43. The van der Waals surface area contributed by atoms with E-state index in [9.17, 15) is 0 Å². The molecule has 0 saturated carbocycles.